The van der Waals surface area contributed by atoms with Gasteiger partial charge in [0.2, 0.25) is 0 Å². The molecule has 2 aromatic rings. The fraction of sp³-hybridized carbons (Fsp3) is 0.500. The standard InChI is InChI=1S/C20H25F3N4O2/c1-4-24-19(25-11-13-9-16(12(2)3)27-29-13)26-17-10-15(17)14-7-5-6-8-18(14)28-20(21,22)23/h5-9,12,15,17H,4,10-11H2,1-3H3,(H2,24,25,26). The van der Waals surface area contributed by atoms with Gasteiger partial charge in [-0.15, -0.1) is 13.2 Å². The van der Waals surface area contributed by atoms with Crippen molar-refractivity contribution in [2.45, 2.75) is 58.0 Å². The van der Waals surface area contributed by atoms with Crippen LogP contribution in [0.25, 0.3) is 0 Å². The highest BCUT2D eigenvalue weighted by molar-refractivity contribution is 5.80. The van der Waals surface area contributed by atoms with E-state index >= 15 is 0 Å². The largest absolute Gasteiger partial charge is 0.573 e. The van der Waals surface area contributed by atoms with Gasteiger partial charge in [0, 0.05) is 24.6 Å². The van der Waals surface area contributed by atoms with Crippen LogP contribution in [0.15, 0.2) is 39.8 Å². The van der Waals surface area contributed by atoms with Gasteiger partial charge >= 0.3 is 6.36 Å². The van der Waals surface area contributed by atoms with Crippen molar-refractivity contribution in [1.29, 1.82) is 0 Å². The Morgan fingerprint density at radius 2 is 2.10 bits per heavy atom. The molecular weight excluding hydrogens is 385 g/mol. The first-order valence-corrected chi connectivity index (χ1v) is 9.61. The van der Waals surface area contributed by atoms with Crippen molar-refractivity contribution in [1.82, 2.24) is 15.8 Å². The van der Waals surface area contributed by atoms with Crippen LogP contribution in [0.4, 0.5) is 13.2 Å². The number of rotatable bonds is 7. The van der Waals surface area contributed by atoms with Crippen LogP contribution in [-0.2, 0) is 6.54 Å². The lowest BCUT2D eigenvalue weighted by atomic mass is 10.1. The van der Waals surface area contributed by atoms with Crippen molar-refractivity contribution in [2.24, 2.45) is 4.99 Å². The molecule has 0 radical (unpaired) electrons. The number of hydrogen-bond acceptors (Lipinski definition) is 4. The fourth-order valence-electron chi connectivity index (χ4n) is 3.03. The van der Waals surface area contributed by atoms with E-state index in [4.69, 9.17) is 4.52 Å². The number of benzene rings is 1. The van der Waals surface area contributed by atoms with Crippen LogP contribution >= 0.6 is 0 Å². The Morgan fingerprint density at radius 1 is 1.34 bits per heavy atom. The van der Waals surface area contributed by atoms with E-state index in [0.717, 1.165) is 5.69 Å². The van der Waals surface area contributed by atoms with Crippen LogP contribution in [0.3, 0.4) is 0 Å². The maximum Gasteiger partial charge on any atom is 0.573 e. The predicted octanol–water partition coefficient (Wildman–Crippen LogP) is 4.31. The normalized spacial score (nSPS) is 19.3. The molecule has 1 aliphatic rings. The van der Waals surface area contributed by atoms with Gasteiger partial charge < -0.3 is 19.9 Å². The average Bonchev–Trinajstić information content (AvgIpc) is 3.22. The lowest BCUT2D eigenvalue weighted by Gasteiger charge is -2.14. The Bertz CT molecular complexity index is 848. The monoisotopic (exact) mass is 410 g/mol. The molecule has 1 heterocycles. The first kappa shape index (κ1) is 21.0. The smallest absolute Gasteiger partial charge is 0.405 e. The number of aromatic nitrogens is 1. The van der Waals surface area contributed by atoms with Crippen molar-refractivity contribution < 1.29 is 22.4 Å². The molecular formula is C20H25F3N4O2. The minimum atomic E-state index is -4.71. The van der Waals surface area contributed by atoms with E-state index in [1.54, 1.807) is 12.1 Å². The number of alkyl halides is 3. The Morgan fingerprint density at radius 3 is 2.76 bits per heavy atom. The summed E-state index contributed by atoms with van der Waals surface area (Å²) >= 11 is 0. The highest BCUT2D eigenvalue weighted by Crippen LogP contribution is 2.45. The SMILES string of the molecule is CCNC(=NCc1cc(C(C)C)no1)NC1CC1c1ccccc1OC(F)(F)F. The van der Waals surface area contributed by atoms with E-state index in [0.29, 0.717) is 36.8 Å². The van der Waals surface area contributed by atoms with Gasteiger partial charge in [0.05, 0.1) is 5.69 Å². The molecule has 2 N–H and O–H groups in total. The molecule has 1 aromatic heterocycles. The van der Waals surface area contributed by atoms with Gasteiger partial charge in [0.1, 0.15) is 12.3 Å². The van der Waals surface area contributed by atoms with Crippen LogP contribution in [-0.4, -0.2) is 30.1 Å². The molecule has 0 amide bonds. The lowest BCUT2D eigenvalue weighted by molar-refractivity contribution is -0.274. The number of halogens is 3. The Kier molecular flexibility index (Phi) is 6.34. The highest BCUT2D eigenvalue weighted by Gasteiger charge is 2.42. The first-order valence-electron chi connectivity index (χ1n) is 9.61. The second-order valence-corrected chi connectivity index (χ2v) is 7.25. The molecule has 1 aliphatic carbocycles. The Balaban J connectivity index is 1.64. The van der Waals surface area contributed by atoms with Gasteiger partial charge in [0.15, 0.2) is 11.7 Å². The van der Waals surface area contributed by atoms with Gasteiger partial charge in [-0.25, -0.2) is 4.99 Å². The van der Waals surface area contributed by atoms with Crippen LogP contribution < -0.4 is 15.4 Å². The molecule has 29 heavy (non-hydrogen) atoms. The Labute approximate surface area is 167 Å². The summed E-state index contributed by atoms with van der Waals surface area (Å²) in [5.74, 6) is 1.28. The van der Waals surface area contributed by atoms with E-state index in [2.05, 4.69) is 25.5 Å². The summed E-state index contributed by atoms with van der Waals surface area (Å²) < 4.78 is 47.4. The topological polar surface area (TPSA) is 71.7 Å². The molecule has 3 rings (SSSR count). The molecule has 6 nitrogen and oxygen atoms in total. The summed E-state index contributed by atoms with van der Waals surface area (Å²) in [5.41, 5.74) is 1.41. The number of aliphatic imine (C=N–C) groups is 1. The third-order valence-electron chi connectivity index (χ3n) is 4.56. The van der Waals surface area contributed by atoms with E-state index in [-0.39, 0.29) is 23.6 Å². The average molecular weight is 410 g/mol. The molecule has 0 saturated heterocycles. The summed E-state index contributed by atoms with van der Waals surface area (Å²) in [6.45, 7) is 6.98. The van der Waals surface area contributed by atoms with Crippen molar-refractivity contribution in [3.8, 4) is 5.75 Å². The van der Waals surface area contributed by atoms with Crippen molar-refractivity contribution in [2.75, 3.05) is 6.54 Å². The van der Waals surface area contributed by atoms with Crippen LogP contribution in [0.5, 0.6) is 5.75 Å². The molecule has 1 fully saturated rings. The van der Waals surface area contributed by atoms with Crippen molar-refractivity contribution in [3.63, 3.8) is 0 Å². The zero-order chi connectivity index (χ0) is 21.0. The van der Waals surface area contributed by atoms with Crippen LogP contribution in [0.2, 0.25) is 0 Å². The first-order chi connectivity index (χ1) is 13.8. The zero-order valence-electron chi connectivity index (χ0n) is 16.6. The number of guanidine groups is 1. The third kappa shape index (κ3) is 5.88. The minimum Gasteiger partial charge on any atom is -0.405 e. The third-order valence-corrected chi connectivity index (χ3v) is 4.56. The minimum absolute atomic E-state index is 0.0215. The second-order valence-electron chi connectivity index (χ2n) is 7.25. The Hall–Kier alpha value is -2.71. The van der Waals surface area contributed by atoms with Gasteiger partial charge in [-0.05, 0) is 30.9 Å². The van der Waals surface area contributed by atoms with E-state index in [9.17, 15) is 13.2 Å². The summed E-state index contributed by atoms with van der Waals surface area (Å²) in [6, 6.07) is 8.11. The predicted molar refractivity (Wildman–Crippen MR) is 103 cm³/mol. The summed E-state index contributed by atoms with van der Waals surface area (Å²) in [4.78, 5) is 4.50. The lowest BCUT2D eigenvalue weighted by Crippen LogP contribution is -2.39. The molecule has 158 valence electrons. The summed E-state index contributed by atoms with van der Waals surface area (Å²) in [5, 5.41) is 10.4. The number of nitrogens with zero attached hydrogens (tertiary/aromatic N) is 2. The van der Waals surface area contributed by atoms with Gasteiger partial charge in [-0.1, -0.05) is 37.2 Å². The molecule has 0 spiro atoms. The van der Waals surface area contributed by atoms with E-state index in [1.807, 2.05) is 26.8 Å². The van der Waals surface area contributed by atoms with Gasteiger partial charge in [0.25, 0.3) is 0 Å². The van der Waals surface area contributed by atoms with Crippen molar-refractivity contribution >= 4 is 5.96 Å². The molecule has 1 saturated carbocycles. The number of para-hydroxylation sites is 1. The highest BCUT2D eigenvalue weighted by atomic mass is 19.4. The molecule has 2 unspecified atom stereocenters. The summed E-state index contributed by atoms with van der Waals surface area (Å²) in [6.07, 6.45) is -4.02. The molecule has 1 aromatic carbocycles. The quantitative estimate of drug-likeness (QED) is 0.526. The molecule has 9 heteroatoms. The number of nitrogens with one attached hydrogen (secondary N) is 2. The summed E-state index contributed by atoms with van der Waals surface area (Å²) in [7, 11) is 0. The maximum atomic E-state index is 12.6. The van der Waals surface area contributed by atoms with Gasteiger partial charge in [-0.3, -0.25) is 0 Å². The van der Waals surface area contributed by atoms with Gasteiger partial charge in [-0.2, -0.15) is 0 Å². The molecule has 0 bridgehead atoms. The number of hydrogen-bond donors (Lipinski definition) is 2. The van der Waals surface area contributed by atoms with E-state index in [1.165, 1.54) is 12.1 Å². The van der Waals surface area contributed by atoms with E-state index < -0.39 is 6.36 Å². The molecule has 0 aliphatic heterocycles. The second kappa shape index (κ2) is 8.75. The van der Waals surface area contributed by atoms with Crippen molar-refractivity contribution in [3.05, 3.63) is 47.3 Å². The van der Waals surface area contributed by atoms with Crippen LogP contribution in [0, 0.1) is 0 Å². The van der Waals surface area contributed by atoms with Crippen LogP contribution in [0.1, 0.15) is 56.0 Å². The zero-order valence-corrected chi connectivity index (χ0v) is 16.6. The maximum absolute atomic E-state index is 12.6. The fourth-order valence-corrected chi connectivity index (χ4v) is 3.03. The molecule has 2 atom stereocenters. The number of ether oxygens (including phenoxy) is 1.